The Balaban J connectivity index is 5.17. The Kier molecular flexibility index (Phi) is 20.6. The maximum absolute atomic E-state index is 6.20. The van der Waals surface area contributed by atoms with E-state index in [0.29, 0.717) is 6.04 Å². The highest BCUT2D eigenvalue weighted by molar-refractivity contribution is 5.20. The highest BCUT2D eigenvalue weighted by atomic mass is 16.5. The zero-order valence-corrected chi connectivity index (χ0v) is 23.7. The first-order valence-electron chi connectivity index (χ1n) is 13.6. The fourth-order valence-electron chi connectivity index (χ4n) is 3.89. The molecule has 0 saturated carbocycles. The zero-order valence-electron chi connectivity index (χ0n) is 23.7. The van der Waals surface area contributed by atoms with E-state index in [1.54, 1.807) is 0 Å². The van der Waals surface area contributed by atoms with Crippen LogP contribution in [0.3, 0.4) is 0 Å². The van der Waals surface area contributed by atoms with E-state index in [0.717, 1.165) is 76.9 Å². The second-order valence-corrected chi connectivity index (χ2v) is 8.81. The number of likely N-dealkylation sites (N-methyl/N-ethyl adjacent to an activating group) is 1. The molecular weight excluding hydrogens is 418 g/mol. The van der Waals surface area contributed by atoms with E-state index in [1.807, 2.05) is 0 Å². The first kappa shape index (κ1) is 32.2. The summed E-state index contributed by atoms with van der Waals surface area (Å²) in [5, 5.41) is 2.31. The van der Waals surface area contributed by atoms with Crippen molar-refractivity contribution in [1.29, 1.82) is 0 Å². The van der Waals surface area contributed by atoms with Gasteiger partial charge in [0, 0.05) is 32.4 Å². The minimum absolute atomic E-state index is 0.355. The van der Waals surface area contributed by atoms with Crippen molar-refractivity contribution in [3.05, 3.63) is 59.6 Å². The molecule has 0 radical (unpaired) electrons. The van der Waals surface area contributed by atoms with E-state index < -0.39 is 0 Å². The highest BCUT2D eigenvalue weighted by Gasteiger charge is 2.16. The van der Waals surface area contributed by atoms with Crippen molar-refractivity contribution in [2.24, 2.45) is 0 Å². The molecule has 1 atom stereocenters. The van der Waals surface area contributed by atoms with Crippen molar-refractivity contribution in [1.82, 2.24) is 15.3 Å². The van der Waals surface area contributed by atoms with Gasteiger partial charge in [0.15, 0.2) is 0 Å². The smallest absolute Gasteiger partial charge is 0.117 e. The third kappa shape index (κ3) is 15.2. The molecule has 0 saturated heterocycles. The van der Waals surface area contributed by atoms with Crippen LogP contribution in [0.2, 0.25) is 0 Å². The molecule has 0 aliphatic rings. The molecule has 4 heteroatoms. The maximum Gasteiger partial charge on any atom is 0.117 e. The summed E-state index contributed by atoms with van der Waals surface area (Å²) in [6.07, 6.45) is 23.1. The van der Waals surface area contributed by atoms with Gasteiger partial charge in [-0.1, -0.05) is 70.6 Å². The number of ether oxygens (including phenoxy) is 1. The Bertz CT molecular complexity index is 639. The van der Waals surface area contributed by atoms with Crippen LogP contribution >= 0.6 is 0 Å². The average molecular weight is 474 g/mol. The molecule has 0 aliphatic heterocycles. The molecule has 0 rings (SSSR count). The number of nitrogens with one attached hydrogen (secondary N) is 1. The van der Waals surface area contributed by atoms with Crippen molar-refractivity contribution >= 4 is 0 Å². The van der Waals surface area contributed by atoms with Gasteiger partial charge >= 0.3 is 0 Å². The molecule has 1 unspecified atom stereocenters. The summed E-state index contributed by atoms with van der Waals surface area (Å²) >= 11 is 0. The van der Waals surface area contributed by atoms with Gasteiger partial charge in [-0.3, -0.25) is 5.43 Å². The lowest BCUT2D eigenvalue weighted by Crippen LogP contribution is -2.39. The largest absolute Gasteiger partial charge is 0.494 e. The van der Waals surface area contributed by atoms with Crippen molar-refractivity contribution in [2.75, 3.05) is 33.3 Å². The normalized spacial score (nSPS) is 14.6. The fraction of sp³-hybridized carbons (Fsp3) is 0.667. The van der Waals surface area contributed by atoms with Crippen molar-refractivity contribution in [3.63, 3.8) is 0 Å². The lowest BCUT2D eigenvalue weighted by molar-refractivity contribution is 0.154. The molecule has 0 fully saturated rings. The summed E-state index contributed by atoms with van der Waals surface area (Å²) in [6, 6.07) is 0.355. The van der Waals surface area contributed by atoms with E-state index >= 15 is 0 Å². The topological polar surface area (TPSA) is 27.7 Å². The van der Waals surface area contributed by atoms with Gasteiger partial charge in [0.1, 0.15) is 5.76 Å². The molecule has 0 aromatic rings. The molecule has 0 amide bonds. The number of nitrogens with zero attached hydrogens (tertiary/aromatic N) is 2. The zero-order chi connectivity index (χ0) is 25.6. The van der Waals surface area contributed by atoms with Gasteiger partial charge in [-0.05, 0) is 70.9 Å². The quantitative estimate of drug-likeness (QED) is 0.0642. The van der Waals surface area contributed by atoms with Crippen LogP contribution in [0.1, 0.15) is 93.4 Å². The molecule has 0 spiro atoms. The Morgan fingerprint density at radius 1 is 0.882 bits per heavy atom. The summed E-state index contributed by atoms with van der Waals surface area (Å²) in [5.41, 5.74) is 6.09. The van der Waals surface area contributed by atoms with Crippen LogP contribution in [-0.4, -0.2) is 49.2 Å². The molecule has 196 valence electrons. The summed E-state index contributed by atoms with van der Waals surface area (Å²) in [6.45, 7) is 19.2. The Labute approximate surface area is 212 Å². The van der Waals surface area contributed by atoms with Crippen molar-refractivity contribution in [2.45, 2.75) is 99.5 Å². The van der Waals surface area contributed by atoms with Gasteiger partial charge in [0.2, 0.25) is 0 Å². The number of hydrazine groups is 1. The van der Waals surface area contributed by atoms with E-state index in [-0.39, 0.29) is 0 Å². The van der Waals surface area contributed by atoms with Crippen LogP contribution in [-0.2, 0) is 4.74 Å². The van der Waals surface area contributed by atoms with Crippen molar-refractivity contribution in [3.8, 4) is 0 Å². The van der Waals surface area contributed by atoms with Gasteiger partial charge in [-0.25, -0.2) is 5.01 Å². The third-order valence-electron chi connectivity index (χ3n) is 5.75. The van der Waals surface area contributed by atoms with E-state index in [2.05, 4.69) is 113 Å². The molecule has 0 heterocycles. The minimum Gasteiger partial charge on any atom is -0.494 e. The van der Waals surface area contributed by atoms with Crippen LogP contribution in [0, 0.1) is 0 Å². The molecule has 0 bridgehead atoms. The predicted molar refractivity (Wildman–Crippen MR) is 152 cm³/mol. The Morgan fingerprint density at radius 3 is 2.21 bits per heavy atom. The molecule has 0 aromatic carbocycles. The van der Waals surface area contributed by atoms with Crippen LogP contribution in [0.4, 0.5) is 0 Å². The number of rotatable bonds is 20. The molecular formula is C30H55N3O. The predicted octanol–water partition coefficient (Wildman–Crippen LogP) is 7.79. The first-order chi connectivity index (χ1) is 16.4. The lowest BCUT2D eigenvalue weighted by Gasteiger charge is -2.31. The highest BCUT2D eigenvalue weighted by Crippen LogP contribution is 2.20. The molecule has 1 N–H and O–H groups in total. The number of allylic oxidation sites excluding steroid dienone is 7. The van der Waals surface area contributed by atoms with Gasteiger partial charge in [0.05, 0.1) is 12.6 Å². The Hall–Kier alpha value is -1.78. The maximum atomic E-state index is 6.20. The summed E-state index contributed by atoms with van der Waals surface area (Å²) in [7, 11) is 2.21. The van der Waals surface area contributed by atoms with Crippen LogP contribution in [0.25, 0.3) is 0 Å². The van der Waals surface area contributed by atoms with Crippen molar-refractivity contribution < 1.29 is 4.74 Å². The Morgan fingerprint density at radius 2 is 1.59 bits per heavy atom. The van der Waals surface area contributed by atoms with Crippen LogP contribution < -0.4 is 5.43 Å². The lowest BCUT2D eigenvalue weighted by atomic mass is 10.0. The van der Waals surface area contributed by atoms with Crippen LogP contribution in [0.15, 0.2) is 59.6 Å². The van der Waals surface area contributed by atoms with E-state index in [4.69, 9.17) is 4.74 Å². The number of hydrogen-bond acceptors (Lipinski definition) is 4. The van der Waals surface area contributed by atoms with Crippen LogP contribution in [0.5, 0.6) is 0 Å². The summed E-state index contributed by atoms with van der Waals surface area (Å²) in [4.78, 5) is 2.40. The molecule has 0 aliphatic carbocycles. The SMILES string of the molecule is CC/C=C\C/C=C\CC(/C(C)=C\CC)N(C)/C(C)=C/C(=C\CC)OCCCN(CCC)NCC. The summed E-state index contributed by atoms with van der Waals surface area (Å²) in [5.74, 6) is 0.980. The summed E-state index contributed by atoms with van der Waals surface area (Å²) < 4.78 is 6.20. The average Bonchev–Trinajstić information content (AvgIpc) is 2.81. The van der Waals surface area contributed by atoms with Gasteiger partial charge in [0.25, 0.3) is 0 Å². The third-order valence-corrected chi connectivity index (χ3v) is 5.75. The van der Waals surface area contributed by atoms with Gasteiger partial charge < -0.3 is 9.64 Å². The number of hydrogen-bond donors (Lipinski definition) is 1. The first-order valence-corrected chi connectivity index (χ1v) is 13.6. The molecule has 0 aromatic heterocycles. The molecule has 34 heavy (non-hydrogen) atoms. The van der Waals surface area contributed by atoms with Gasteiger partial charge in [-0.15, -0.1) is 0 Å². The minimum atomic E-state index is 0.355. The van der Waals surface area contributed by atoms with E-state index in [1.165, 1.54) is 11.3 Å². The monoisotopic (exact) mass is 473 g/mol. The standard InChI is InChI=1S/C30H55N3O/c1-9-14-15-16-17-18-22-30(27(6)20-10-2)32(8)28(7)26-29(21-11-3)34-25-19-24-33(23-12-4)31-13-5/h14-15,17-18,20-21,26,30-31H,9-13,16,19,22-25H2,1-8H3/b15-14-,18-17-,27-20-,28-26+,29-21+. The molecule has 4 nitrogen and oxygen atoms in total. The van der Waals surface area contributed by atoms with Gasteiger partial charge in [-0.2, -0.15) is 0 Å². The fourth-order valence-corrected chi connectivity index (χ4v) is 3.89. The van der Waals surface area contributed by atoms with E-state index in [9.17, 15) is 0 Å². The second kappa shape index (κ2) is 21.7. The second-order valence-electron chi connectivity index (χ2n) is 8.81.